The lowest BCUT2D eigenvalue weighted by Crippen LogP contribution is -2.52. The first-order valence-corrected chi connectivity index (χ1v) is 10.8. The number of quaternary nitrogens is 1. The van der Waals surface area contributed by atoms with Crippen LogP contribution in [0, 0.1) is 0 Å². The Bertz CT molecular complexity index is 1050. The maximum Gasteiger partial charge on any atom is 0.347 e. The monoisotopic (exact) mass is 419 g/mol. The highest BCUT2D eigenvalue weighted by molar-refractivity contribution is 5.96. The second-order valence-electron chi connectivity index (χ2n) is 8.86. The zero-order chi connectivity index (χ0) is 21.5. The van der Waals surface area contributed by atoms with Crippen LogP contribution >= 0.6 is 0 Å². The third-order valence-electron chi connectivity index (χ3n) is 7.08. The zero-order valence-corrected chi connectivity index (χ0v) is 17.7. The number of carbonyl (C=O) groups is 1. The molecule has 2 aliphatic rings. The summed E-state index contributed by atoms with van der Waals surface area (Å²) in [5.74, 6) is -0.597. The first kappa shape index (κ1) is 20.0. The Morgan fingerprint density at radius 1 is 1.16 bits per heavy atom. The summed E-state index contributed by atoms with van der Waals surface area (Å²) in [5.41, 5.74) is 2.12. The number of ether oxygens (including phenoxy) is 1. The molecular formula is C25H27N2O4+. The number of esters is 1. The number of aliphatic hydroxyl groups is 1. The van der Waals surface area contributed by atoms with Crippen LogP contribution in [0.5, 0.6) is 0 Å². The summed E-state index contributed by atoms with van der Waals surface area (Å²) in [6.45, 7) is 2.24. The van der Waals surface area contributed by atoms with E-state index in [9.17, 15) is 9.90 Å². The number of aromatic nitrogens is 1. The average molecular weight is 420 g/mol. The van der Waals surface area contributed by atoms with Gasteiger partial charge in [-0.3, -0.25) is 0 Å². The summed E-state index contributed by atoms with van der Waals surface area (Å²) in [5, 5.41) is 15.6. The number of nitrogens with zero attached hydrogens (tertiary/aromatic N) is 2. The molecule has 2 heterocycles. The Labute approximate surface area is 181 Å². The van der Waals surface area contributed by atoms with Crippen molar-refractivity contribution in [3.63, 3.8) is 0 Å². The Balaban J connectivity index is 1.33. The van der Waals surface area contributed by atoms with Crippen molar-refractivity contribution in [3.8, 4) is 11.1 Å². The second-order valence-corrected chi connectivity index (χ2v) is 8.86. The van der Waals surface area contributed by atoms with E-state index < -0.39 is 11.6 Å². The summed E-state index contributed by atoms with van der Waals surface area (Å²) in [6.07, 6.45) is 4.50. The maximum atomic E-state index is 13.3. The molecule has 0 bridgehead atoms. The van der Waals surface area contributed by atoms with Crippen LogP contribution in [0.2, 0.25) is 0 Å². The third kappa shape index (κ3) is 3.27. The zero-order valence-electron chi connectivity index (χ0n) is 17.7. The van der Waals surface area contributed by atoms with Crippen molar-refractivity contribution in [1.82, 2.24) is 5.16 Å². The van der Waals surface area contributed by atoms with Crippen LogP contribution in [0.3, 0.4) is 0 Å². The van der Waals surface area contributed by atoms with Crippen LogP contribution in [-0.2, 0) is 21.6 Å². The minimum atomic E-state index is -1.77. The predicted molar refractivity (Wildman–Crippen MR) is 115 cm³/mol. The van der Waals surface area contributed by atoms with Gasteiger partial charge >= 0.3 is 5.97 Å². The lowest BCUT2D eigenvalue weighted by Gasteiger charge is -2.36. The summed E-state index contributed by atoms with van der Waals surface area (Å²) < 4.78 is 11.6. The largest absolute Gasteiger partial charge is 0.457 e. The molecule has 3 aromatic rings. The molecule has 5 rings (SSSR count). The van der Waals surface area contributed by atoms with Gasteiger partial charge in [-0.2, -0.15) is 0 Å². The highest BCUT2D eigenvalue weighted by Crippen LogP contribution is 2.48. The van der Waals surface area contributed by atoms with E-state index >= 15 is 0 Å². The number of fused-ring (bicyclic) bond motifs is 3. The molecule has 1 aliphatic carbocycles. The standard InChI is InChI=1S/C25H27N2O4/c1-27(15-12-18-13-16-31-26-18)14-6-7-19(27)17-30-24(28)25(29)22-10-4-2-8-20(22)21-9-3-5-11-23(21)25/h2-5,8-11,13,16,19,29H,6-7,12,14-15,17H2,1H3/q+1/t19?,27-/m1/s1. The van der Waals surface area contributed by atoms with Crippen LogP contribution in [0.25, 0.3) is 11.1 Å². The molecular weight excluding hydrogens is 392 g/mol. The van der Waals surface area contributed by atoms with Crippen molar-refractivity contribution in [2.75, 3.05) is 26.7 Å². The number of rotatable bonds is 6. The van der Waals surface area contributed by atoms with Gasteiger partial charge in [0.1, 0.15) is 18.9 Å². The molecule has 0 radical (unpaired) electrons. The van der Waals surface area contributed by atoms with Gasteiger partial charge < -0.3 is 18.8 Å². The van der Waals surface area contributed by atoms with Crippen LogP contribution in [0.15, 0.2) is 65.4 Å². The molecule has 1 unspecified atom stereocenters. The molecule has 0 spiro atoms. The van der Waals surface area contributed by atoms with E-state index in [-0.39, 0.29) is 6.04 Å². The number of benzene rings is 2. The number of carbonyl (C=O) groups excluding carboxylic acids is 1. The first-order valence-electron chi connectivity index (χ1n) is 10.8. The predicted octanol–water partition coefficient (Wildman–Crippen LogP) is 3.29. The summed E-state index contributed by atoms with van der Waals surface area (Å²) in [6, 6.07) is 17.1. The number of likely N-dealkylation sites (N-methyl/N-ethyl adjacent to an activating group) is 1. The fourth-order valence-electron chi connectivity index (χ4n) is 5.18. The van der Waals surface area contributed by atoms with Crippen LogP contribution in [0.1, 0.15) is 29.7 Å². The van der Waals surface area contributed by atoms with E-state index in [4.69, 9.17) is 9.26 Å². The van der Waals surface area contributed by atoms with Gasteiger partial charge in [-0.1, -0.05) is 53.7 Å². The van der Waals surface area contributed by atoms with E-state index in [1.54, 1.807) is 6.26 Å². The molecule has 31 heavy (non-hydrogen) atoms. The molecule has 1 fully saturated rings. The van der Waals surface area contributed by atoms with E-state index in [2.05, 4.69) is 12.2 Å². The molecule has 6 nitrogen and oxygen atoms in total. The topological polar surface area (TPSA) is 72.6 Å². The van der Waals surface area contributed by atoms with Gasteiger partial charge in [0.05, 0.1) is 25.8 Å². The van der Waals surface area contributed by atoms with Crippen molar-refractivity contribution in [1.29, 1.82) is 0 Å². The van der Waals surface area contributed by atoms with E-state index in [0.717, 1.165) is 53.7 Å². The summed E-state index contributed by atoms with van der Waals surface area (Å²) in [4.78, 5) is 13.3. The molecule has 0 saturated carbocycles. The van der Waals surface area contributed by atoms with Gasteiger partial charge in [-0.25, -0.2) is 4.79 Å². The van der Waals surface area contributed by atoms with Crippen LogP contribution < -0.4 is 0 Å². The van der Waals surface area contributed by atoms with Gasteiger partial charge in [0.15, 0.2) is 0 Å². The smallest absolute Gasteiger partial charge is 0.347 e. The Morgan fingerprint density at radius 3 is 2.48 bits per heavy atom. The van der Waals surface area contributed by atoms with Gasteiger partial charge in [0.25, 0.3) is 0 Å². The highest BCUT2D eigenvalue weighted by Gasteiger charge is 2.50. The summed E-state index contributed by atoms with van der Waals surface area (Å²) >= 11 is 0. The minimum absolute atomic E-state index is 0.200. The van der Waals surface area contributed by atoms with Crippen LogP contribution in [0.4, 0.5) is 0 Å². The lowest BCUT2D eigenvalue weighted by molar-refractivity contribution is -0.921. The molecule has 1 N–H and O–H groups in total. The third-order valence-corrected chi connectivity index (χ3v) is 7.08. The van der Waals surface area contributed by atoms with Gasteiger partial charge in [-0.15, -0.1) is 0 Å². The fraction of sp³-hybridized carbons (Fsp3) is 0.360. The summed E-state index contributed by atoms with van der Waals surface area (Å²) in [7, 11) is 2.21. The van der Waals surface area contributed by atoms with Crippen molar-refractivity contribution in [2.24, 2.45) is 0 Å². The van der Waals surface area contributed by atoms with Crippen molar-refractivity contribution in [2.45, 2.75) is 30.9 Å². The normalized spacial score (nSPS) is 23.4. The quantitative estimate of drug-likeness (QED) is 0.490. The molecule has 6 heteroatoms. The number of hydrogen-bond donors (Lipinski definition) is 1. The molecule has 1 aromatic heterocycles. The van der Waals surface area contributed by atoms with Crippen molar-refractivity contribution >= 4 is 5.97 Å². The molecule has 2 aromatic carbocycles. The van der Waals surface area contributed by atoms with Gasteiger partial charge in [-0.05, 0) is 11.1 Å². The Morgan fingerprint density at radius 2 is 1.84 bits per heavy atom. The SMILES string of the molecule is C[N@+]1(CCc2ccon2)CCCC1COC(=O)C1(O)c2ccccc2-c2ccccc21. The second kappa shape index (κ2) is 7.62. The van der Waals surface area contributed by atoms with Gasteiger partial charge in [0.2, 0.25) is 5.60 Å². The molecule has 1 aliphatic heterocycles. The number of hydrogen-bond acceptors (Lipinski definition) is 5. The van der Waals surface area contributed by atoms with Gasteiger partial charge in [0, 0.05) is 36.5 Å². The van der Waals surface area contributed by atoms with E-state index in [0.29, 0.717) is 17.7 Å². The van der Waals surface area contributed by atoms with E-state index in [1.807, 2.05) is 54.6 Å². The van der Waals surface area contributed by atoms with Crippen LogP contribution in [-0.4, -0.2) is 53.5 Å². The average Bonchev–Trinajstić information content (AvgIpc) is 3.50. The molecule has 0 amide bonds. The van der Waals surface area contributed by atoms with Crippen molar-refractivity contribution in [3.05, 3.63) is 77.7 Å². The Kier molecular flexibility index (Phi) is 4.91. The maximum absolute atomic E-state index is 13.3. The van der Waals surface area contributed by atoms with E-state index in [1.165, 1.54) is 0 Å². The highest BCUT2D eigenvalue weighted by atomic mass is 16.6. The minimum Gasteiger partial charge on any atom is -0.457 e. The van der Waals surface area contributed by atoms with Crippen molar-refractivity contribution < 1.29 is 23.6 Å². The molecule has 2 atom stereocenters. The molecule has 160 valence electrons. The fourth-order valence-corrected chi connectivity index (χ4v) is 5.18. The first-order chi connectivity index (χ1) is 15.0. The lowest BCUT2D eigenvalue weighted by atomic mass is 9.91. The molecule has 1 saturated heterocycles. The number of likely N-dealkylation sites (tertiary alicyclic amines) is 1. The Hall–Kier alpha value is -2.96.